The number of hydrogen-bond acceptors (Lipinski definition) is 4. The van der Waals surface area contributed by atoms with Crippen molar-refractivity contribution in [2.45, 2.75) is 52.9 Å². The number of nitrogens with zero attached hydrogens (tertiary/aromatic N) is 2. The van der Waals surface area contributed by atoms with Gasteiger partial charge in [0.25, 0.3) is 5.91 Å². The molecule has 0 radical (unpaired) electrons. The molecule has 6 heteroatoms. The second-order valence-electron chi connectivity index (χ2n) is 9.07. The smallest absolute Gasteiger partial charge is 0.263 e. The molecule has 2 saturated carbocycles. The quantitative estimate of drug-likeness (QED) is 0.799. The van der Waals surface area contributed by atoms with E-state index in [1.54, 1.807) is 0 Å². The molecule has 0 aromatic carbocycles. The Bertz CT molecular complexity index is 762. The monoisotopic (exact) mass is 387 g/mol. The molecule has 2 bridgehead atoms. The Morgan fingerprint density at radius 2 is 1.96 bits per heavy atom. The molecule has 1 aliphatic heterocycles. The highest BCUT2D eigenvalue weighted by molar-refractivity contribution is 7.12. The van der Waals surface area contributed by atoms with Crippen LogP contribution in [0.15, 0.2) is 22.6 Å². The Balaban J connectivity index is 1.32. The highest BCUT2D eigenvalue weighted by Gasteiger charge is 2.60. The molecule has 2 aliphatic carbocycles. The van der Waals surface area contributed by atoms with Crippen molar-refractivity contribution in [1.82, 2.24) is 10.3 Å². The molecule has 146 valence electrons. The topological polar surface area (TPSA) is 61.8 Å². The molecule has 3 fully saturated rings. The van der Waals surface area contributed by atoms with Crippen LogP contribution in [0.3, 0.4) is 0 Å². The summed E-state index contributed by atoms with van der Waals surface area (Å²) in [5.41, 5.74) is 4.41. The molecular weight excluding hydrogens is 358 g/mol. The van der Waals surface area contributed by atoms with Crippen molar-refractivity contribution in [2.75, 3.05) is 13.1 Å². The Labute approximate surface area is 165 Å². The maximum atomic E-state index is 12.6. The van der Waals surface area contributed by atoms with E-state index in [0.717, 1.165) is 11.3 Å². The second-order valence-corrected chi connectivity index (χ2v) is 10.0. The van der Waals surface area contributed by atoms with E-state index in [1.807, 2.05) is 22.4 Å². The summed E-state index contributed by atoms with van der Waals surface area (Å²) in [4.78, 5) is 27.7. The number of fused-ring (bicyclic) bond motifs is 2. The number of hydrazone groups is 1. The van der Waals surface area contributed by atoms with Crippen LogP contribution in [0.1, 0.15) is 62.5 Å². The van der Waals surface area contributed by atoms with E-state index in [-0.39, 0.29) is 28.6 Å². The molecule has 1 aromatic heterocycles. The third-order valence-electron chi connectivity index (χ3n) is 7.70. The highest BCUT2D eigenvalue weighted by atomic mass is 32.1. The van der Waals surface area contributed by atoms with E-state index in [1.165, 1.54) is 29.9 Å². The standard InChI is InChI=1S/C21H29N3O2S/c1-20(2)15-6-9-21(20,3)17(13-15)22-23-18(25)14-7-10-24(11-8-14)19(26)16-5-4-12-27-16/h4-5,12,14-15H,6-11,13H2,1-3H3,(H,23,25)/b22-17+/t15-,21+/m1/s1. The fraction of sp³-hybridized carbons (Fsp3) is 0.667. The van der Waals surface area contributed by atoms with Gasteiger partial charge in [0, 0.05) is 30.1 Å². The minimum absolute atomic E-state index is 0.00917. The van der Waals surface area contributed by atoms with Gasteiger partial charge in [-0.15, -0.1) is 11.3 Å². The third kappa shape index (κ3) is 3.02. The molecule has 2 amide bonds. The van der Waals surface area contributed by atoms with Crippen molar-refractivity contribution in [2.24, 2.45) is 27.8 Å². The van der Waals surface area contributed by atoms with Gasteiger partial charge in [0.2, 0.25) is 5.91 Å². The molecule has 5 nitrogen and oxygen atoms in total. The number of carbonyl (C=O) groups excluding carboxylic acids is 2. The Morgan fingerprint density at radius 1 is 1.22 bits per heavy atom. The molecular formula is C21H29N3O2S. The Kier molecular flexibility index (Phi) is 4.65. The molecule has 1 N–H and O–H groups in total. The van der Waals surface area contributed by atoms with Gasteiger partial charge in [-0.25, -0.2) is 5.43 Å². The maximum absolute atomic E-state index is 12.6. The minimum Gasteiger partial charge on any atom is -0.338 e. The normalized spacial score (nSPS) is 31.4. The van der Waals surface area contributed by atoms with Crippen LogP contribution in [0.2, 0.25) is 0 Å². The lowest BCUT2D eigenvalue weighted by Crippen LogP contribution is -2.42. The average molecular weight is 388 g/mol. The van der Waals surface area contributed by atoms with Crippen LogP contribution in [0.4, 0.5) is 0 Å². The van der Waals surface area contributed by atoms with E-state index < -0.39 is 0 Å². The zero-order chi connectivity index (χ0) is 19.2. The van der Waals surface area contributed by atoms with Crippen LogP contribution < -0.4 is 5.43 Å². The third-order valence-corrected chi connectivity index (χ3v) is 8.56. The summed E-state index contributed by atoms with van der Waals surface area (Å²) < 4.78 is 0. The van der Waals surface area contributed by atoms with Crippen molar-refractivity contribution >= 4 is 28.9 Å². The van der Waals surface area contributed by atoms with E-state index in [9.17, 15) is 9.59 Å². The number of hydrogen-bond donors (Lipinski definition) is 1. The number of thiophene rings is 1. The molecule has 0 spiro atoms. The molecule has 27 heavy (non-hydrogen) atoms. The first kappa shape index (κ1) is 18.7. The molecule has 1 aromatic rings. The number of piperidine rings is 1. The van der Waals surface area contributed by atoms with Gasteiger partial charge in [-0.05, 0) is 54.9 Å². The van der Waals surface area contributed by atoms with Crippen molar-refractivity contribution in [1.29, 1.82) is 0 Å². The average Bonchev–Trinajstić information content (AvgIpc) is 3.32. The second kappa shape index (κ2) is 6.73. The largest absolute Gasteiger partial charge is 0.338 e. The van der Waals surface area contributed by atoms with Crippen LogP contribution >= 0.6 is 11.3 Å². The SMILES string of the molecule is CC1(C)[C@@H]2CC[C@@]1(C)/C(=N/NC(=O)C1CCN(C(=O)c3cccs3)CC1)C2. The first-order valence-corrected chi connectivity index (χ1v) is 10.9. The van der Waals surface area contributed by atoms with E-state index in [4.69, 9.17) is 0 Å². The van der Waals surface area contributed by atoms with Crippen LogP contribution in [0.25, 0.3) is 0 Å². The van der Waals surface area contributed by atoms with E-state index in [2.05, 4.69) is 31.3 Å². The molecule has 3 aliphatic rings. The fourth-order valence-electron chi connectivity index (χ4n) is 5.21. The lowest BCUT2D eigenvalue weighted by atomic mass is 9.70. The van der Waals surface area contributed by atoms with Crippen LogP contribution in [0.5, 0.6) is 0 Å². The summed E-state index contributed by atoms with van der Waals surface area (Å²) in [7, 11) is 0. The summed E-state index contributed by atoms with van der Waals surface area (Å²) in [5.74, 6) is 0.724. The number of amides is 2. The Hall–Kier alpha value is -1.69. The van der Waals surface area contributed by atoms with Gasteiger partial charge in [-0.2, -0.15) is 5.10 Å². The van der Waals surface area contributed by atoms with Crippen LogP contribution in [0, 0.1) is 22.7 Å². The van der Waals surface area contributed by atoms with Crippen molar-refractivity contribution in [3.05, 3.63) is 22.4 Å². The summed E-state index contributed by atoms with van der Waals surface area (Å²) in [6.45, 7) is 8.26. The lowest BCUT2D eigenvalue weighted by Gasteiger charge is -2.34. The van der Waals surface area contributed by atoms with Gasteiger partial charge in [-0.1, -0.05) is 26.8 Å². The van der Waals surface area contributed by atoms with E-state index >= 15 is 0 Å². The summed E-state index contributed by atoms with van der Waals surface area (Å²) in [6, 6.07) is 3.76. The maximum Gasteiger partial charge on any atom is 0.263 e. The molecule has 1 saturated heterocycles. The molecule has 0 unspecified atom stereocenters. The van der Waals surface area contributed by atoms with E-state index in [0.29, 0.717) is 31.8 Å². The number of rotatable bonds is 3. The van der Waals surface area contributed by atoms with Crippen molar-refractivity contribution in [3.63, 3.8) is 0 Å². The van der Waals surface area contributed by atoms with Gasteiger partial charge in [0.1, 0.15) is 0 Å². The predicted octanol–water partition coefficient (Wildman–Crippen LogP) is 3.92. The zero-order valence-electron chi connectivity index (χ0n) is 16.5. The lowest BCUT2D eigenvalue weighted by molar-refractivity contribution is -0.126. The zero-order valence-corrected chi connectivity index (χ0v) is 17.3. The van der Waals surface area contributed by atoms with Crippen LogP contribution in [-0.4, -0.2) is 35.5 Å². The van der Waals surface area contributed by atoms with Crippen LogP contribution in [-0.2, 0) is 4.79 Å². The van der Waals surface area contributed by atoms with Gasteiger partial charge in [0.05, 0.1) is 4.88 Å². The first-order valence-electron chi connectivity index (χ1n) is 10.0. The Morgan fingerprint density at radius 3 is 2.52 bits per heavy atom. The van der Waals surface area contributed by atoms with Crippen molar-refractivity contribution < 1.29 is 9.59 Å². The van der Waals surface area contributed by atoms with Gasteiger partial charge in [-0.3, -0.25) is 9.59 Å². The molecule has 2 atom stereocenters. The summed E-state index contributed by atoms with van der Waals surface area (Å²) in [5, 5.41) is 6.50. The van der Waals surface area contributed by atoms with Gasteiger partial charge < -0.3 is 4.90 Å². The van der Waals surface area contributed by atoms with Gasteiger partial charge in [0.15, 0.2) is 0 Å². The first-order chi connectivity index (χ1) is 12.8. The number of carbonyl (C=O) groups is 2. The summed E-state index contributed by atoms with van der Waals surface area (Å²) >= 11 is 1.47. The number of nitrogens with one attached hydrogen (secondary N) is 1. The van der Waals surface area contributed by atoms with Gasteiger partial charge >= 0.3 is 0 Å². The molecule has 2 heterocycles. The fourth-order valence-corrected chi connectivity index (χ4v) is 5.90. The predicted molar refractivity (Wildman–Crippen MR) is 108 cm³/mol. The number of likely N-dealkylation sites (tertiary alicyclic amines) is 1. The van der Waals surface area contributed by atoms with Crippen molar-refractivity contribution in [3.8, 4) is 0 Å². The minimum atomic E-state index is -0.0545. The highest BCUT2D eigenvalue weighted by Crippen LogP contribution is 2.63. The summed E-state index contributed by atoms with van der Waals surface area (Å²) in [6.07, 6.45) is 4.87. The molecule has 4 rings (SSSR count).